The average molecular weight is 568 g/mol. The van der Waals surface area contributed by atoms with Gasteiger partial charge >= 0.3 is 35.9 Å². The third kappa shape index (κ3) is 6.15. The van der Waals surface area contributed by atoms with E-state index in [1.807, 2.05) is 6.92 Å². The zero-order valence-corrected chi connectivity index (χ0v) is 19.9. The van der Waals surface area contributed by atoms with E-state index in [1.165, 1.54) is 0 Å². The van der Waals surface area contributed by atoms with Crippen LogP contribution >= 0.6 is 12.0 Å². The first-order chi connectivity index (χ1) is 16.4. The van der Waals surface area contributed by atoms with Crippen molar-refractivity contribution in [2.45, 2.75) is 87.5 Å². The molecule has 1 aliphatic rings. The van der Waals surface area contributed by atoms with E-state index in [1.54, 1.807) is 6.92 Å². The van der Waals surface area contributed by atoms with Crippen LogP contribution in [-0.4, -0.2) is 59.1 Å². The van der Waals surface area contributed by atoms with Crippen LogP contribution in [0.4, 0.5) is 39.5 Å². The lowest BCUT2D eigenvalue weighted by atomic mass is 9.67. The minimum Gasteiger partial charge on any atom is -0.465 e. The monoisotopic (exact) mass is 568 g/mol. The Hall–Kier alpha value is -1.46. The molecule has 0 aromatic rings. The van der Waals surface area contributed by atoms with Crippen molar-refractivity contribution in [3.05, 3.63) is 0 Å². The van der Waals surface area contributed by atoms with Crippen molar-refractivity contribution in [3.63, 3.8) is 0 Å². The zero-order valence-electron chi connectivity index (χ0n) is 19.1. The number of cyclic esters (lactones) is 1. The van der Waals surface area contributed by atoms with Gasteiger partial charge in [0.1, 0.15) is 0 Å². The van der Waals surface area contributed by atoms with Gasteiger partial charge in [-0.15, -0.1) is 4.33 Å². The quantitative estimate of drug-likeness (QED) is 0.0670. The van der Waals surface area contributed by atoms with Crippen LogP contribution in [0.1, 0.15) is 58.8 Å². The lowest BCUT2D eigenvalue weighted by Gasteiger charge is -2.48. The van der Waals surface area contributed by atoms with Crippen LogP contribution in [0.5, 0.6) is 0 Å². The first-order valence-corrected chi connectivity index (χ1v) is 11.3. The Bertz CT molecular complexity index is 766. The molecule has 0 radical (unpaired) electrons. The van der Waals surface area contributed by atoms with Gasteiger partial charge in [0.05, 0.1) is 31.7 Å². The van der Waals surface area contributed by atoms with Crippen molar-refractivity contribution < 1.29 is 73.2 Å². The summed E-state index contributed by atoms with van der Waals surface area (Å²) in [5, 5.41) is 12.1. The largest absolute Gasteiger partial charge is 0.465 e. The van der Waals surface area contributed by atoms with E-state index in [2.05, 4.69) is 9.37 Å². The van der Waals surface area contributed by atoms with Crippen LogP contribution in [0.15, 0.2) is 0 Å². The third-order valence-electron chi connectivity index (χ3n) is 6.06. The summed E-state index contributed by atoms with van der Waals surface area (Å²) in [7, 11) is 0. The van der Waals surface area contributed by atoms with E-state index < -0.39 is 71.9 Å². The van der Waals surface area contributed by atoms with Crippen molar-refractivity contribution in [1.29, 1.82) is 0 Å². The first kappa shape index (κ1) is 32.6. The standard InChI is InChI=1S/C19H25F9O7S/c1-3-5-7-14(4-2)11-33-12(29)10-15(14,36-35-34-31)13(30)32-9-6-8-16(20,21)17(22,23)18(24,25)19(26,27)28/h31H,3-11H2,1-2H3. The molecule has 7 nitrogen and oxygen atoms in total. The number of carbonyl (C=O) groups excluding carboxylic acids is 2. The van der Waals surface area contributed by atoms with E-state index >= 15 is 0 Å². The molecule has 1 heterocycles. The predicted octanol–water partition coefficient (Wildman–Crippen LogP) is 6.12. The van der Waals surface area contributed by atoms with Crippen molar-refractivity contribution >= 4 is 24.0 Å². The summed E-state index contributed by atoms with van der Waals surface area (Å²) in [5.41, 5.74) is -1.18. The van der Waals surface area contributed by atoms with E-state index in [0.717, 1.165) is 0 Å². The molecule has 2 unspecified atom stereocenters. The van der Waals surface area contributed by atoms with Gasteiger partial charge in [-0.05, 0) is 19.3 Å². The summed E-state index contributed by atoms with van der Waals surface area (Å²) < 4.78 is 129. The number of rotatable bonds is 14. The zero-order chi connectivity index (χ0) is 28.1. The maximum atomic E-state index is 13.7. The fourth-order valence-electron chi connectivity index (χ4n) is 3.78. The number of unbranched alkanes of at least 4 members (excludes halogenated alkanes) is 1. The van der Waals surface area contributed by atoms with Crippen LogP contribution in [0.2, 0.25) is 0 Å². The maximum absolute atomic E-state index is 13.7. The number of ether oxygens (including phenoxy) is 2. The highest BCUT2D eigenvalue weighted by Crippen LogP contribution is 2.55. The third-order valence-corrected chi connectivity index (χ3v) is 7.22. The molecule has 0 aromatic heterocycles. The molecule has 36 heavy (non-hydrogen) atoms. The van der Waals surface area contributed by atoms with Crippen LogP contribution in [-0.2, 0) is 28.4 Å². The molecular weight excluding hydrogens is 543 g/mol. The minimum absolute atomic E-state index is 0.173. The molecule has 0 saturated carbocycles. The SMILES string of the molecule is CCCCC1(CC)COC(=O)CC1(SOOO)C(=O)OCCCC(F)(F)C(F)(F)C(F)(F)C(F)(F)F. The number of halogens is 9. The second kappa shape index (κ2) is 11.9. The highest BCUT2D eigenvalue weighted by Gasteiger charge is 2.81. The molecule has 212 valence electrons. The van der Waals surface area contributed by atoms with Crippen LogP contribution in [0, 0.1) is 5.41 Å². The first-order valence-electron chi connectivity index (χ1n) is 10.6. The van der Waals surface area contributed by atoms with Gasteiger partial charge in [-0.2, -0.15) is 39.5 Å². The summed E-state index contributed by atoms with van der Waals surface area (Å²) in [6, 6.07) is 0. The summed E-state index contributed by atoms with van der Waals surface area (Å²) in [6.45, 7) is 2.03. The van der Waals surface area contributed by atoms with Gasteiger partial charge < -0.3 is 9.47 Å². The second-order valence-corrected chi connectivity index (χ2v) is 9.22. The highest BCUT2D eigenvalue weighted by molar-refractivity contribution is 7.96. The second-order valence-electron chi connectivity index (χ2n) is 8.22. The summed E-state index contributed by atoms with van der Waals surface area (Å²) in [6.07, 6.45) is -9.49. The molecule has 17 heteroatoms. The van der Waals surface area contributed by atoms with Gasteiger partial charge in [-0.25, -0.2) is 5.26 Å². The number of hydrogen-bond donors (Lipinski definition) is 1. The van der Waals surface area contributed by atoms with Crippen LogP contribution in [0.25, 0.3) is 0 Å². The maximum Gasteiger partial charge on any atom is 0.460 e. The highest BCUT2D eigenvalue weighted by atomic mass is 32.2. The van der Waals surface area contributed by atoms with Crippen LogP contribution in [0.3, 0.4) is 0 Å². The Morgan fingerprint density at radius 1 is 1.06 bits per heavy atom. The Labute approximate surface area is 204 Å². The molecule has 1 aliphatic heterocycles. The fourth-order valence-corrected chi connectivity index (χ4v) is 4.72. The summed E-state index contributed by atoms with van der Waals surface area (Å²) in [4.78, 5) is 25.1. The number of esters is 2. The molecule has 2 atom stereocenters. The smallest absolute Gasteiger partial charge is 0.460 e. The normalized spacial score (nSPS) is 23.9. The fraction of sp³-hybridized carbons (Fsp3) is 0.895. The Morgan fingerprint density at radius 2 is 1.67 bits per heavy atom. The molecule has 1 N–H and O–H groups in total. The van der Waals surface area contributed by atoms with Crippen molar-refractivity contribution in [2.75, 3.05) is 13.2 Å². The van der Waals surface area contributed by atoms with Gasteiger partial charge in [-0.3, -0.25) is 9.59 Å². The van der Waals surface area contributed by atoms with Crippen molar-refractivity contribution in [3.8, 4) is 0 Å². The molecule has 0 aromatic carbocycles. The molecule has 0 bridgehead atoms. The molecular formula is C19H25F9O7S. The number of carbonyl (C=O) groups is 2. The summed E-state index contributed by atoms with van der Waals surface area (Å²) >= 11 is 0.173. The number of alkyl halides is 9. The van der Waals surface area contributed by atoms with Gasteiger partial charge in [-0.1, -0.05) is 31.7 Å². The average Bonchev–Trinajstić information content (AvgIpc) is 2.78. The minimum atomic E-state index is -7.02. The van der Waals surface area contributed by atoms with E-state index in [9.17, 15) is 49.1 Å². The number of hydrogen-bond acceptors (Lipinski definition) is 8. The Balaban J connectivity index is 3.07. The lowest BCUT2D eigenvalue weighted by Crippen LogP contribution is -2.60. The van der Waals surface area contributed by atoms with Crippen LogP contribution < -0.4 is 0 Å². The Morgan fingerprint density at radius 3 is 2.17 bits per heavy atom. The Kier molecular flexibility index (Phi) is 10.8. The molecule has 0 amide bonds. The van der Waals surface area contributed by atoms with Crippen molar-refractivity contribution in [1.82, 2.24) is 0 Å². The van der Waals surface area contributed by atoms with E-state index in [-0.39, 0.29) is 31.5 Å². The molecule has 0 spiro atoms. The van der Waals surface area contributed by atoms with Gasteiger partial charge in [0, 0.05) is 11.8 Å². The lowest BCUT2D eigenvalue weighted by molar-refractivity contribution is -0.432. The van der Waals surface area contributed by atoms with Gasteiger partial charge in [0.25, 0.3) is 0 Å². The van der Waals surface area contributed by atoms with Gasteiger partial charge in [0.15, 0.2) is 4.75 Å². The topological polar surface area (TPSA) is 91.3 Å². The molecule has 1 saturated heterocycles. The van der Waals surface area contributed by atoms with Gasteiger partial charge in [0.2, 0.25) is 0 Å². The molecule has 1 rings (SSSR count). The van der Waals surface area contributed by atoms with Crippen molar-refractivity contribution in [2.24, 2.45) is 5.41 Å². The van der Waals surface area contributed by atoms with E-state index in [4.69, 9.17) is 14.7 Å². The molecule has 1 fully saturated rings. The van der Waals surface area contributed by atoms with E-state index in [0.29, 0.717) is 12.8 Å². The summed E-state index contributed by atoms with van der Waals surface area (Å²) in [5.74, 6) is -21.8. The predicted molar refractivity (Wildman–Crippen MR) is 104 cm³/mol. The molecule has 0 aliphatic carbocycles.